The smallest absolute Gasteiger partial charge is 0.377 e. The molecule has 1 aliphatic rings. The standard InChI is InChI=1S/C10H7ClO4/c11-7-4-6(8(12)10(13)14)3-5-1-2-15-9(5)7/h3-4H,1-2H2,(H,13,14). The lowest BCUT2D eigenvalue weighted by atomic mass is 10.1. The van der Waals surface area contributed by atoms with Crippen molar-refractivity contribution in [2.75, 3.05) is 6.61 Å². The fourth-order valence-electron chi connectivity index (χ4n) is 1.52. The van der Waals surface area contributed by atoms with E-state index in [0.717, 1.165) is 5.56 Å². The van der Waals surface area contributed by atoms with Crippen molar-refractivity contribution in [3.63, 3.8) is 0 Å². The molecule has 1 aliphatic heterocycles. The van der Waals surface area contributed by atoms with E-state index in [0.29, 0.717) is 18.8 Å². The van der Waals surface area contributed by atoms with E-state index in [2.05, 4.69) is 0 Å². The summed E-state index contributed by atoms with van der Waals surface area (Å²) in [6.07, 6.45) is 0.649. The normalized spacial score (nSPS) is 13.1. The van der Waals surface area contributed by atoms with Crippen molar-refractivity contribution in [2.45, 2.75) is 6.42 Å². The van der Waals surface area contributed by atoms with Crippen LogP contribution in [0.1, 0.15) is 15.9 Å². The predicted molar refractivity (Wildman–Crippen MR) is 52.6 cm³/mol. The number of hydrogen-bond acceptors (Lipinski definition) is 3. The Morgan fingerprint density at radius 1 is 1.40 bits per heavy atom. The second kappa shape index (κ2) is 3.55. The van der Waals surface area contributed by atoms with Gasteiger partial charge in [-0.25, -0.2) is 4.79 Å². The van der Waals surface area contributed by atoms with Gasteiger partial charge < -0.3 is 9.84 Å². The van der Waals surface area contributed by atoms with Crippen LogP contribution in [0.25, 0.3) is 0 Å². The molecule has 0 fully saturated rings. The molecule has 0 spiro atoms. The lowest BCUT2D eigenvalue weighted by Crippen LogP contribution is -2.12. The zero-order valence-corrected chi connectivity index (χ0v) is 8.37. The lowest BCUT2D eigenvalue weighted by Gasteiger charge is -2.03. The number of rotatable bonds is 2. The maximum Gasteiger partial charge on any atom is 0.377 e. The van der Waals surface area contributed by atoms with Crippen molar-refractivity contribution in [1.29, 1.82) is 0 Å². The molecule has 0 aromatic heterocycles. The van der Waals surface area contributed by atoms with Gasteiger partial charge in [0.1, 0.15) is 5.75 Å². The van der Waals surface area contributed by atoms with Gasteiger partial charge in [0.05, 0.1) is 11.6 Å². The molecule has 0 saturated heterocycles. The first-order valence-corrected chi connectivity index (χ1v) is 4.70. The predicted octanol–water partition coefficient (Wildman–Crippen LogP) is 1.54. The molecule has 0 aliphatic carbocycles. The van der Waals surface area contributed by atoms with Crippen LogP contribution in [0.4, 0.5) is 0 Å². The average molecular weight is 227 g/mol. The summed E-state index contributed by atoms with van der Waals surface area (Å²) < 4.78 is 5.23. The number of fused-ring (bicyclic) bond motifs is 1. The third-order valence-electron chi connectivity index (χ3n) is 2.19. The second-order valence-electron chi connectivity index (χ2n) is 3.18. The molecular weight excluding hydrogens is 220 g/mol. The quantitative estimate of drug-likeness (QED) is 0.614. The Bertz CT molecular complexity index is 453. The number of halogens is 1. The zero-order chi connectivity index (χ0) is 11.0. The van der Waals surface area contributed by atoms with Gasteiger partial charge in [-0.1, -0.05) is 11.6 Å². The van der Waals surface area contributed by atoms with Gasteiger partial charge >= 0.3 is 5.97 Å². The molecule has 4 nitrogen and oxygen atoms in total. The molecule has 0 unspecified atom stereocenters. The van der Waals surface area contributed by atoms with E-state index in [1.165, 1.54) is 12.1 Å². The highest BCUT2D eigenvalue weighted by Crippen LogP contribution is 2.34. The SMILES string of the molecule is O=C(O)C(=O)c1cc(Cl)c2c(c1)CCO2. The highest BCUT2D eigenvalue weighted by molar-refractivity contribution is 6.41. The van der Waals surface area contributed by atoms with E-state index < -0.39 is 11.8 Å². The largest absolute Gasteiger partial charge is 0.491 e. The van der Waals surface area contributed by atoms with Crippen molar-refractivity contribution in [3.05, 3.63) is 28.3 Å². The summed E-state index contributed by atoms with van der Waals surface area (Å²) in [5, 5.41) is 8.84. The van der Waals surface area contributed by atoms with E-state index in [1.54, 1.807) is 0 Å². The Morgan fingerprint density at radius 3 is 2.80 bits per heavy atom. The fourth-order valence-corrected chi connectivity index (χ4v) is 1.81. The fraction of sp³-hybridized carbons (Fsp3) is 0.200. The molecule has 0 bridgehead atoms. The summed E-state index contributed by atoms with van der Waals surface area (Å²) >= 11 is 5.85. The minimum absolute atomic E-state index is 0.0942. The van der Waals surface area contributed by atoms with Gasteiger partial charge in [-0.05, 0) is 17.7 Å². The van der Waals surface area contributed by atoms with E-state index in [4.69, 9.17) is 21.4 Å². The summed E-state index contributed by atoms with van der Waals surface area (Å²) in [4.78, 5) is 21.7. The van der Waals surface area contributed by atoms with Gasteiger partial charge in [-0.2, -0.15) is 0 Å². The Morgan fingerprint density at radius 2 is 2.13 bits per heavy atom. The lowest BCUT2D eigenvalue weighted by molar-refractivity contribution is -0.131. The highest BCUT2D eigenvalue weighted by atomic mass is 35.5. The summed E-state index contributed by atoms with van der Waals surface area (Å²) in [5.74, 6) is -1.88. The van der Waals surface area contributed by atoms with E-state index in [1.807, 2.05) is 0 Å². The van der Waals surface area contributed by atoms with Crippen LogP contribution in [-0.4, -0.2) is 23.5 Å². The first-order chi connectivity index (χ1) is 7.09. The Kier molecular flexibility index (Phi) is 2.36. The van der Waals surface area contributed by atoms with Crippen molar-refractivity contribution in [2.24, 2.45) is 0 Å². The van der Waals surface area contributed by atoms with E-state index in [9.17, 15) is 9.59 Å². The van der Waals surface area contributed by atoms with Gasteiger partial charge in [0, 0.05) is 12.0 Å². The minimum atomic E-state index is -1.48. The van der Waals surface area contributed by atoms with Crippen LogP contribution in [-0.2, 0) is 11.2 Å². The number of hydrogen-bond donors (Lipinski definition) is 1. The number of Topliss-reactive ketones (excluding diaryl/α,β-unsaturated/α-hetero) is 1. The van der Waals surface area contributed by atoms with Crippen LogP contribution in [0.15, 0.2) is 12.1 Å². The highest BCUT2D eigenvalue weighted by Gasteiger charge is 2.21. The summed E-state index contributed by atoms with van der Waals surface area (Å²) in [5.41, 5.74) is 0.879. The Hall–Kier alpha value is -1.55. The molecule has 1 aromatic rings. The Balaban J connectivity index is 2.48. The number of carbonyl (C=O) groups is 2. The number of ether oxygens (including phenoxy) is 1. The van der Waals surface area contributed by atoms with Crippen LogP contribution in [0.3, 0.4) is 0 Å². The van der Waals surface area contributed by atoms with Gasteiger partial charge in [-0.15, -0.1) is 0 Å². The molecule has 0 radical (unpaired) electrons. The third-order valence-corrected chi connectivity index (χ3v) is 2.48. The molecule has 0 atom stereocenters. The van der Waals surface area contributed by atoms with Crippen LogP contribution < -0.4 is 4.74 Å². The van der Waals surface area contributed by atoms with Crippen LogP contribution in [0, 0.1) is 0 Å². The number of ketones is 1. The first kappa shape index (κ1) is 9.98. The summed E-state index contributed by atoms with van der Waals surface area (Å²) in [6.45, 7) is 0.514. The zero-order valence-electron chi connectivity index (χ0n) is 7.62. The second-order valence-corrected chi connectivity index (χ2v) is 3.59. The molecule has 1 aromatic carbocycles. The van der Waals surface area contributed by atoms with Crippen LogP contribution >= 0.6 is 11.6 Å². The van der Waals surface area contributed by atoms with Gasteiger partial charge in [0.15, 0.2) is 0 Å². The van der Waals surface area contributed by atoms with Crippen molar-refractivity contribution in [3.8, 4) is 5.75 Å². The number of aliphatic carboxylic acids is 1. The van der Waals surface area contributed by atoms with Gasteiger partial charge in [0.2, 0.25) is 0 Å². The number of carboxylic acids is 1. The molecule has 78 valence electrons. The van der Waals surface area contributed by atoms with Crippen LogP contribution in [0.5, 0.6) is 5.75 Å². The maximum atomic E-state index is 11.2. The molecule has 15 heavy (non-hydrogen) atoms. The number of carboxylic acid groups (broad SMARTS) is 1. The number of benzene rings is 1. The monoisotopic (exact) mass is 226 g/mol. The molecule has 1 N–H and O–H groups in total. The molecule has 2 rings (SSSR count). The number of carbonyl (C=O) groups excluding carboxylic acids is 1. The van der Waals surface area contributed by atoms with Crippen molar-refractivity contribution < 1.29 is 19.4 Å². The Labute approximate surface area is 90.4 Å². The molecule has 0 saturated carbocycles. The van der Waals surface area contributed by atoms with Crippen LogP contribution in [0.2, 0.25) is 5.02 Å². The minimum Gasteiger partial charge on any atom is -0.491 e. The summed E-state index contributed by atoms with van der Waals surface area (Å²) in [6, 6.07) is 2.84. The van der Waals surface area contributed by atoms with E-state index >= 15 is 0 Å². The van der Waals surface area contributed by atoms with Crippen molar-refractivity contribution >= 4 is 23.4 Å². The molecular formula is C10H7ClO4. The average Bonchev–Trinajstić information content (AvgIpc) is 2.64. The van der Waals surface area contributed by atoms with E-state index in [-0.39, 0.29) is 10.6 Å². The first-order valence-electron chi connectivity index (χ1n) is 4.32. The topological polar surface area (TPSA) is 63.6 Å². The summed E-state index contributed by atoms with van der Waals surface area (Å²) in [7, 11) is 0. The van der Waals surface area contributed by atoms with Gasteiger partial charge in [0.25, 0.3) is 5.78 Å². The third kappa shape index (κ3) is 1.68. The maximum absolute atomic E-state index is 11.2. The molecule has 5 heteroatoms. The molecule has 0 amide bonds. The van der Waals surface area contributed by atoms with Crippen molar-refractivity contribution in [1.82, 2.24) is 0 Å². The van der Waals surface area contributed by atoms with Gasteiger partial charge in [-0.3, -0.25) is 4.79 Å². The molecule has 1 heterocycles.